The molecular formula is C25H29N7O4. The SMILES string of the molecule is C=CC(=O)N1CCC(n2ncc3c(N4CCOCC4)nc(-c4ccc(OC(=O)NC)cc4)nc32)CC1. The Hall–Kier alpha value is -3.99. The average Bonchev–Trinajstić information content (AvgIpc) is 3.37. The first-order valence-electron chi connectivity index (χ1n) is 12.1. The van der Waals surface area contributed by atoms with Crippen LogP contribution in [0, 0.1) is 0 Å². The molecule has 2 saturated heterocycles. The summed E-state index contributed by atoms with van der Waals surface area (Å²) in [6, 6.07) is 7.23. The minimum Gasteiger partial charge on any atom is -0.410 e. The number of piperidine rings is 1. The van der Waals surface area contributed by atoms with E-state index in [0.29, 0.717) is 37.9 Å². The summed E-state index contributed by atoms with van der Waals surface area (Å²) < 4.78 is 12.7. The van der Waals surface area contributed by atoms with E-state index in [4.69, 9.17) is 24.5 Å². The lowest BCUT2D eigenvalue weighted by molar-refractivity contribution is -0.127. The van der Waals surface area contributed by atoms with Gasteiger partial charge in [-0.2, -0.15) is 5.10 Å². The molecule has 1 aromatic carbocycles. The van der Waals surface area contributed by atoms with Crippen molar-refractivity contribution in [3.63, 3.8) is 0 Å². The Bertz CT molecular complexity index is 1260. The molecule has 3 aromatic rings. The molecule has 4 heterocycles. The molecule has 0 atom stereocenters. The van der Waals surface area contributed by atoms with Gasteiger partial charge in [-0.05, 0) is 43.2 Å². The second-order valence-electron chi connectivity index (χ2n) is 8.72. The highest BCUT2D eigenvalue weighted by Gasteiger charge is 2.27. The van der Waals surface area contributed by atoms with Crippen LogP contribution in [-0.4, -0.2) is 83.1 Å². The Kier molecular flexibility index (Phi) is 6.81. The van der Waals surface area contributed by atoms with E-state index < -0.39 is 6.09 Å². The number of likely N-dealkylation sites (tertiary alicyclic amines) is 1. The Morgan fingerprint density at radius 1 is 1.11 bits per heavy atom. The molecule has 2 aliphatic heterocycles. The molecule has 188 valence electrons. The van der Waals surface area contributed by atoms with Crippen LogP contribution in [0.3, 0.4) is 0 Å². The highest BCUT2D eigenvalue weighted by molar-refractivity contribution is 5.89. The van der Waals surface area contributed by atoms with Crippen molar-refractivity contribution in [2.45, 2.75) is 18.9 Å². The molecular weight excluding hydrogens is 462 g/mol. The lowest BCUT2D eigenvalue weighted by Crippen LogP contribution is -2.38. The van der Waals surface area contributed by atoms with Crippen LogP contribution in [0.2, 0.25) is 0 Å². The van der Waals surface area contributed by atoms with Crippen molar-refractivity contribution < 1.29 is 19.1 Å². The molecule has 2 amide bonds. The van der Waals surface area contributed by atoms with Crippen molar-refractivity contribution in [3.8, 4) is 17.1 Å². The van der Waals surface area contributed by atoms with Gasteiger partial charge in [0.1, 0.15) is 11.6 Å². The van der Waals surface area contributed by atoms with Crippen molar-refractivity contribution in [1.29, 1.82) is 0 Å². The van der Waals surface area contributed by atoms with E-state index in [-0.39, 0.29) is 11.9 Å². The fraction of sp³-hybridized carbons (Fsp3) is 0.400. The first-order chi connectivity index (χ1) is 17.6. The fourth-order valence-electron chi connectivity index (χ4n) is 4.61. The molecule has 0 spiro atoms. The fourth-order valence-corrected chi connectivity index (χ4v) is 4.61. The summed E-state index contributed by atoms with van der Waals surface area (Å²) in [4.78, 5) is 37.4. The van der Waals surface area contributed by atoms with Crippen LogP contribution in [0.15, 0.2) is 43.1 Å². The Balaban J connectivity index is 1.50. The third kappa shape index (κ3) is 4.74. The molecule has 1 N–H and O–H groups in total. The van der Waals surface area contributed by atoms with Crippen LogP contribution in [-0.2, 0) is 9.53 Å². The lowest BCUT2D eigenvalue weighted by Gasteiger charge is -2.31. The largest absolute Gasteiger partial charge is 0.412 e. The molecule has 36 heavy (non-hydrogen) atoms. The van der Waals surface area contributed by atoms with Gasteiger partial charge in [-0.1, -0.05) is 6.58 Å². The van der Waals surface area contributed by atoms with Gasteiger partial charge in [0.15, 0.2) is 11.5 Å². The van der Waals surface area contributed by atoms with E-state index in [0.717, 1.165) is 48.3 Å². The number of ether oxygens (including phenoxy) is 2. The molecule has 0 saturated carbocycles. The molecule has 2 fully saturated rings. The maximum atomic E-state index is 12.0. The summed E-state index contributed by atoms with van der Waals surface area (Å²) in [6.45, 7) is 7.63. The molecule has 5 rings (SSSR count). The summed E-state index contributed by atoms with van der Waals surface area (Å²) in [5.74, 6) is 1.78. The van der Waals surface area contributed by atoms with E-state index in [1.807, 2.05) is 27.9 Å². The molecule has 0 unspecified atom stereocenters. The van der Waals surface area contributed by atoms with Gasteiger partial charge in [-0.15, -0.1) is 0 Å². The van der Waals surface area contributed by atoms with E-state index in [1.165, 1.54) is 13.1 Å². The molecule has 11 nitrogen and oxygen atoms in total. The van der Waals surface area contributed by atoms with E-state index in [1.54, 1.807) is 12.1 Å². The summed E-state index contributed by atoms with van der Waals surface area (Å²) >= 11 is 0. The first kappa shape index (κ1) is 23.7. The van der Waals surface area contributed by atoms with Gasteiger partial charge in [0.05, 0.1) is 30.8 Å². The maximum Gasteiger partial charge on any atom is 0.412 e. The second-order valence-corrected chi connectivity index (χ2v) is 8.72. The van der Waals surface area contributed by atoms with E-state index in [9.17, 15) is 9.59 Å². The van der Waals surface area contributed by atoms with Crippen LogP contribution < -0.4 is 15.0 Å². The molecule has 0 bridgehead atoms. The number of anilines is 1. The van der Waals surface area contributed by atoms with Crippen molar-refractivity contribution in [1.82, 2.24) is 30.0 Å². The van der Waals surface area contributed by atoms with Crippen molar-refractivity contribution in [3.05, 3.63) is 43.1 Å². The number of morpholine rings is 1. The maximum absolute atomic E-state index is 12.0. The number of hydrogen-bond acceptors (Lipinski definition) is 8. The number of hydrogen-bond donors (Lipinski definition) is 1. The van der Waals surface area contributed by atoms with Crippen LogP contribution in [0.25, 0.3) is 22.4 Å². The number of nitrogens with one attached hydrogen (secondary N) is 1. The normalized spacial score (nSPS) is 16.7. The minimum atomic E-state index is -0.528. The number of aromatic nitrogens is 4. The monoisotopic (exact) mass is 491 g/mol. The predicted molar refractivity (Wildman–Crippen MR) is 134 cm³/mol. The number of carbonyl (C=O) groups excluding carboxylic acids is 2. The molecule has 0 aliphatic carbocycles. The zero-order valence-electron chi connectivity index (χ0n) is 20.2. The van der Waals surface area contributed by atoms with Crippen molar-refractivity contribution in [2.24, 2.45) is 0 Å². The van der Waals surface area contributed by atoms with Crippen LogP contribution in [0.1, 0.15) is 18.9 Å². The van der Waals surface area contributed by atoms with Crippen molar-refractivity contribution >= 4 is 28.9 Å². The average molecular weight is 492 g/mol. The van der Waals surface area contributed by atoms with Gasteiger partial charge in [-0.3, -0.25) is 4.79 Å². The van der Waals surface area contributed by atoms with E-state index >= 15 is 0 Å². The minimum absolute atomic E-state index is 0.0400. The smallest absolute Gasteiger partial charge is 0.410 e. The first-order valence-corrected chi connectivity index (χ1v) is 12.1. The zero-order chi connectivity index (χ0) is 25.1. The van der Waals surface area contributed by atoms with Gasteiger partial charge in [-0.25, -0.2) is 19.4 Å². The highest BCUT2D eigenvalue weighted by atomic mass is 16.5. The van der Waals surface area contributed by atoms with Crippen LogP contribution in [0.5, 0.6) is 5.75 Å². The quantitative estimate of drug-likeness (QED) is 0.541. The van der Waals surface area contributed by atoms with Gasteiger partial charge >= 0.3 is 6.09 Å². The van der Waals surface area contributed by atoms with Gasteiger partial charge in [0.25, 0.3) is 0 Å². The van der Waals surface area contributed by atoms with Gasteiger partial charge in [0, 0.05) is 38.8 Å². The van der Waals surface area contributed by atoms with Crippen molar-refractivity contribution in [2.75, 3.05) is 51.3 Å². The summed E-state index contributed by atoms with van der Waals surface area (Å²) in [5, 5.41) is 8.05. The molecule has 2 aromatic heterocycles. The lowest BCUT2D eigenvalue weighted by atomic mass is 10.1. The number of fused-ring (bicyclic) bond motifs is 1. The number of amides is 2. The third-order valence-electron chi connectivity index (χ3n) is 6.57. The van der Waals surface area contributed by atoms with E-state index in [2.05, 4.69) is 16.8 Å². The van der Waals surface area contributed by atoms with Gasteiger partial charge < -0.3 is 24.6 Å². The standard InChI is InChI=1S/C25H29N7O4/c1-3-21(33)30-10-8-18(9-11-30)32-24-20(16-27-32)23(31-12-14-35-15-13-31)28-22(29-24)17-4-6-19(7-5-17)36-25(34)26-2/h3-7,16,18H,1,8-15H2,2H3,(H,26,34). The topological polar surface area (TPSA) is 115 Å². The Morgan fingerprint density at radius 2 is 1.83 bits per heavy atom. The molecule has 2 aliphatic rings. The number of nitrogens with zero attached hydrogens (tertiary/aromatic N) is 6. The van der Waals surface area contributed by atoms with Crippen LogP contribution >= 0.6 is 0 Å². The predicted octanol–water partition coefficient (Wildman–Crippen LogP) is 2.40. The number of carbonyl (C=O) groups is 2. The Morgan fingerprint density at radius 3 is 2.50 bits per heavy atom. The summed E-state index contributed by atoms with van der Waals surface area (Å²) in [7, 11) is 1.51. The number of benzene rings is 1. The molecule has 0 radical (unpaired) electrons. The van der Waals surface area contributed by atoms with Crippen LogP contribution in [0.4, 0.5) is 10.6 Å². The summed E-state index contributed by atoms with van der Waals surface area (Å²) in [5.41, 5.74) is 1.57. The third-order valence-corrected chi connectivity index (χ3v) is 6.57. The summed E-state index contributed by atoms with van der Waals surface area (Å²) in [6.07, 6.45) is 4.25. The highest BCUT2D eigenvalue weighted by Crippen LogP contribution is 2.32. The molecule has 11 heteroatoms. The number of rotatable bonds is 5. The Labute approximate surface area is 208 Å². The zero-order valence-corrected chi connectivity index (χ0v) is 20.2. The van der Waals surface area contributed by atoms with Gasteiger partial charge in [0.2, 0.25) is 5.91 Å². The second kappa shape index (κ2) is 10.3.